The van der Waals surface area contributed by atoms with Crippen molar-refractivity contribution in [3.8, 4) is 6.07 Å². The number of hydrogen-bond acceptors (Lipinski definition) is 2. The molecular formula is C8H17ClN2. The number of hydrogen-bond donors (Lipinski definition) is 1. The minimum Gasteiger partial charge on any atom is -0.327 e. The molecular weight excluding hydrogens is 160 g/mol. The zero-order valence-corrected chi connectivity index (χ0v) is 8.24. The summed E-state index contributed by atoms with van der Waals surface area (Å²) in [5.74, 6) is 0. The Balaban J connectivity index is 0. The zero-order chi connectivity index (χ0) is 8.20. The molecule has 2 nitrogen and oxygen atoms in total. The molecule has 0 aromatic heterocycles. The highest BCUT2D eigenvalue weighted by atomic mass is 35.5. The van der Waals surface area contributed by atoms with Gasteiger partial charge in [-0.2, -0.15) is 5.26 Å². The molecule has 1 unspecified atom stereocenters. The first-order valence-electron chi connectivity index (χ1n) is 3.79. The lowest BCUT2D eigenvalue weighted by Crippen LogP contribution is -2.37. The van der Waals surface area contributed by atoms with E-state index in [-0.39, 0.29) is 23.9 Å². The minimum atomic E-state index is -0.292. The van der Waals surface area contributed by atoms with Crippen molar-refractivity contribution in [1.82, 2.24) is 0 Å². The topological polar surface area (TPSA) is 49.8 Å². The van der Waals surface area contributed by atoms with Gasteiger partial charge in [0.1, 0.15) is 0 Å². The second kappa shape index (κ2) is 5.40. The summed E-state index contributed by atoms with van der Waals surface area (Å²) in [4.78, 5) is 0. The minimum absolute atomic E-state index is 0. The summed E-state index contributed by atoms with van der Waals surface area (Å²) in [6.45, 7) is 5.92. The smallest absolute Gasteiger partial charge is 0.0716 e. The summed E-state index contributed by atoms with van der Waals surface area (Å²) >= 11 is 0. The van der Waals surface area contributed by atoms with Gasteiger partial charge in [0.2, 0.25) is 0 Å². The van der Waals surface area contributed by atoms with Crippen LogP contribution < -0.4 is 5.73 Å². The SMILES string of the molecule is CCC(C#N)(CC)C(C)N.Cl. The Morgan fingerprint density at radius 3 is 1.82 bits per heavy atom. The molecule has 0 radical (unpaired) electrons. The molecule has 0 aliphatic heterocycles. The van der Waals surface area contributed by atoms with Crippen LogP contribution in [-0.2, 0) is 0 Å². The first-order chi connectivity index (χ1) is 4.63. The second-order valence-corrected chi connectivity index (χ2v) is 2.76. The van der Waals surface area contributed by atoms with E-state index in [9.17, 15) is 0 Å². The molecule has 0 spiro atoms. The molecule has 0 saturated heterocycles. The van der Waals surface area contributed by atoms with Crippen LogP contribution in [0.25, 0.3) is 0 Å². The van der Waals surface area contributed by atoms with E-state index in [2.05, 4.69) is 6.07 Å². The summed E-state index contributed by atoms with van der Waals surface area (Å²) in [5.41, 5.74) is 5.39. The number of halogens is 1. The molecule has 66 valence electrons. The van der Waals surface area contributed by atoms with Gasteiger partial charge in [0.25, 0.3) is 0 Å². The van der Waals surface area contributed by atoms with Gasteiger partial charge in [-0.05, 0) is 19.8 Å². The van der Waals surface area contributed by atoms with Crippen LogP contribution in [0.3, 0.4) is 0 Å². The van der Waals surface area contributed by atoms with Gasteiger partial charge in [-0.3, -0.25) is 0 Å². The van der Waals surface area contributed by atoms with E-state index in [1.807, 2.05) is 20.8 Å². The van der Waals surface area contributed by atoms with Gasteiger partial charge in [-0.25, -0.2) is 0 Å². The van der Waals surface area contributed by atoms with Crippen molar-refractivity contribution in [2.24, 2.45) is 11.1 Å². The van der Waals surface area contributed by atoms with Crippen LogP contribution in [0, 0.1) is 16.7 Å². The highest BCUT2D eigenvalue weighted by Crippen LogP contribution is 2.27. The maximum atomic E-state index is 8.82. The monoisotopic (exact) mass is 176 g/mol. The normalized spacial score (nSPS) is 13.0. The summed E-state index contributed by atoms with van der Waals surface area (Å²) in [7, 11) is 0. The van der Waals surface area contributed by atoms with Gasteiger partial charge in [-0.15, -0.1) is 12.4 Å². The van der Waals surface area contributed by atoms with Crippen LogP contribution in [0.1, 0.15) is 33.6 Å². The number of rotatable bonds is 3. The average molecular weight is 177 g/mol. The van der Waals surface area contributed by atoms with E-state index >= 15 is 0 Å². The molecule has 0 saturated carbocycles. The van der Waals surface area contributed by atoms with Crippen molar-refractivity contribution in [2.75, 3.05) is 0 Å². The van der Waals surface area contributed by atoms with E-state index in [4.69, 9.17) is 11.0 Å². The predicted molar refractivity (Wildman–Crippen MR) is 49.5 cm³/mol. The summed E-state index contributed by atoms with van der Waals surface area (Å²) in [5, 5.41) is 8.82. The molecule has 0 heterocycles. The van der Waals surface area contributed by atoms with E-state index in [0.717, 1.165) is 12.8 Å². The Hall–Kier alpha value is -0.260. The summed E-state index contributed by atoms with van der Waals surface area (Å²) in [6.07, 6.45) is 1.69. The van der Waals surface area contributed by atoms with Crippen LogP contribution >= 0.6 is 12.4 Å². The molecule has 0 aliphatic carbocycles. The van der Waals surface area contributed by atoms with Gasteiger partial charge in [0, 0.05) is 6.04 Å². The number of nitrogens with two attached hydrogens (primary N) is 1. The van der Waals surface area contributed by atoms with Crippen molar-refractivity contribution in [3.05, 3.63) is 0 Å². The van der Waals surface area contributed by atoms with Crippen LogP contribution in [-0.4, -0.2) is 6.04 Å². The van der Waals surface area contributed by atoms with E-state index in [0.29, 0.717) is 0 Å². The highest BCUT2D eigenvalue weighted by molar-refractivity contribution is 5.85. The third-order valence-electron chi connectivity index (χ3n) is 2.36. The fourth-order valence-corrected chi connectivity index (χ4v) is 1.15. The molecule has 0 bridgehead atoms. The van der Waals surface area contributed by atoms with Gasteiger partial charge < -0.3 is 5.73 Å². The van der Waals surface area contributed by atoms with E-state index < -0.39 is 0 Å². The lowest BCUT2D eigenvalue weighted by molar-refractivity contribution is 0.305. The third-order valence-corrected chi connectivity index (χ3v) is 2.36. The van der Waals surface area contributed by atoms with Crippen molar-refractivity contribution < 1.29 is 0 Å². The second-order valence-electron chi connectivity index (χ2n) is 2.76. The van der Waals surface area contributed by atoms with E-state index in [1.54, 1.807) is 0 Å². The molecule has 0 rings (SSSR count). The molecule has 0 aromatic rings. The van der Waals surface area contributed by atoms with Gasteiger partial charge in [0.05, 0.1) is 11.5 Å². The molecule has 11 heavy (non-hydrogen) atoms. The molecule has 2 N–H and O–H groups in total. The Morgan fingerprint density at radius 2 is 1.82 bits per heavy atom. The predicted octanol–water partition coefficient (Wildman–Crippen LogP) is 2.09. The zero-order valence-electron chi connectivity index (χ0n) is 7.42. The quantitative estimate of drug-likeness (QED) is 0.716. The standard InChI is InChI=1S/C8H16N2.ClH/c1-4-8(5-2,6-9)7(3)10;/h7H,4-5,10H2,1-3H3;1H. The summed E-state index contributed by atoms with van der Waals surface area (Å²) < 4.78 is 0. The summed E-state index contributed by atoms with van der Waals surface area (Å²) in [6, 6.07) is 2.27. The van der Waals surface area contributed by atoms with Crippen molar-refractivity contribution in [3.63, 3.8) is 0 Å². The fourth-order valence-electron chi connectivity index (χ4n) is 1.15. The third kappa shape index (κ3) is 2.69. The van der Waals surface area contributed by atoms with Crippen LogP contribution in [0.2, 0.25) is 0 Å². The largest absolute Gasteiger partial charge is 0.327 e. The molecule has 0 aliphatic rings. The van der Waals surface area contributed by atoms with Crippen molar-refractivity contribution in [1.29, 1.82) is 5.26 Å². The van der Waals surface area contributed by atoms with Crippen LogP contribution in [0.15, 0.2) is 0 Å². The molecule has 3 heteroatoms. The van der Waals surface area contributed by atoms with Gasteiger partial charge in [-0.1, -0.05) is 13.8 Å². The molecule has 1 atom stereocenters. The number of nitriles is 1. The Labute approximate surface area is 75.2 Å². The Kier molecular flexibility index (Phi) is 6.55. The Morgan fingerprint density at radius 1 is 1.45 bits per heavy atom. The lowest BCUT2D eigenvalue weighted by atomic mass is 9.78. The van der Waals surface area contributed by atoms with Crippen LogP contribution in [0.4, 0.5) is 0 Å². The molecule has 0 fully saturated rings. The van der Waals surface area contributed by atoms with Gasteiger partial charge in [0.15, 0.2) is 0 Å². The number of nitrogens with zero attached hydrogens (tertiary/aromatic N) is 1. The Bertz CT molecular complexity index is 134. The fraction of sp³-hybridized carbons (Fsp3) is 0.875. The average Bonchev–Trinajstić information content (AvgIpc) is 1.92. The molecule has 0 amide bonds. The first kappa shape index (κ1) is 13.3. The maximum Gasteiger partial charge on any atom is 0.0716 e. The van der Waals surface area contributed by atoms with E-state index in [1.165, 1.54) is 0 Å². The van der Waals surface area contributed by atoms with Crippen LogP contribution in [0.5, 0.6) is 0 Å². The lowest BCUT2D eigenvalue weighted by Gasteiger charge is -2.27. The van der Waals surface area contributed by atoms with Crippen molar-refractivity contribution >= 4 is 12.4 Å². The maximum absolute atomic E-state index is 8.82. The first-order valence-corrected chi connectivity index (χ1v) is 3.79. The highest BCUT2D eigenvalue weighted by Gasteiger charge is 2.29. The molecule has 0 aromatic carbocycles. The van der Waals surface area contributed by atoms with Crippen molar-refractivity contribution in [2.45, 2.75) is 39.7 Å². The van der Waals surface area contributed by atoms with Gasteiger partial charge >= 0.3 is 0 Å².